The third-order valence-electron chi connectivity index (χ3n) is 4.35. The number of ether oxygens (including phenoxy) is 1. The number of benzene rings is 3. The number of rotatable bonds is 4. The average Bonchev–Trinajstić information content (AvgIpc) is 2.74. The number of aromatic nitrogens is 1. The Hall–Kier alpha value is -3.73. The number of hydrogen-bond donors (Lipinski definition) is 1. The molecule has 5 heteroatoms. The van der Waals surface area contributed by atoms with Gasteiger partial charge in [-0.3, -0.25) is 4.98 Å². The van der Waals surface area contributed by atoms with Crippen LogP contribution in [0.5, 0.6) is 5.75 Å². The molecule has 4 aromatic rings. The Labute approximate surface area is 157 Å². The van der Waals surface area contributed by atoms with Crippen molar-refractivity contribution in [1.29, 1.82) is 0 Å². The molecule has 132 valence electrons. The van der Waals surface area contributed by atoms with Gasteiger partial charge in [-0.25, -0.2) is 0 Å². The first-order valence-electron chi connectivity index (χ1n) is 8.54. The van der Waals surface area contributed by atoms with Crippen molar-refractivity contribution in [2.24, 2.45) is 10.2 Å². The number of methoxy groups -OCH3 is 1. The molecule has 2 N–H and O–H groups in total. The van der Waals surface area contributed by atoms with E-state index in [1.807, 2.05) is 72.8 Å². The second-order valence-corrected chi connectivity index (χ2v) is 6.05. The van der Waals surface area contributed by atoms with Crippen molar-refractivity contribution in [3.8, 4) is 17.0 Å². The molecule has 5 nitrogen and oxygen atoms in total. The van der Waals surface area contributed by atoms with Gasteiger partial charge in [-0.1, -0.05) is 30.3 Å². The van der Waals surface area contributed by atoms with Gasteiger partial charge in [0.05, 0.1) is 24.7 Å². The third-order valence-corrected chi connectivity index (χ3v) is 4.35. The minimum atomic E-state index is 0.625. The smallest absolute Gasteiger partial charge is 0.118 e. The van der Waals surface area contributed by atoms with E-state index in [0.717, 1.165) is 27.8 Å². The molecule has 0 atom stereocenters. The fraction of sp³-hybridized carbons (Fsp3) is 0.0455. The highest BCUT2D eigenvalue weighted by Crippen LogP contribution is 2.32. The zero-order valence-electron chi connectivity index (χ0n) is 14.8. The fourth-order valence-electron chi connectivity index (χ4n) is 2.86. The van der Waals surface area contributed by atoms with Crippen molar-refractivity contribution in [1.82, 2.24) is 4.98 Å². The zero-order chi connectivity index (χ0) is 18.6. The summed E-state index contributed by atoms with van der Waals surface area (Å²) in [6.07, 6.45) is 1.69. The van der Waals surface area contributed by atoms with E-state index in [2.05, 4.69) is 15.2 Å². The van der Waals surface area contributed by atoms with Crippen LogP contribution >= 0.6 is 0 Å². The van der Waals surface area contributed by atoms with Crippen LogP contribution in [0.3, 0.4) is 0 Å². The predicted molar refractivity (Wildman–Crippen MR) is 109 cm³/mol. The Kier molecular flexibility index (Phi) is 4.49. The maximum absolute atomic E-state index is 6.23. The summed E-state index contributed by atoms with van der Waals surface area (Å²) in [4.78, 5) is 4.46. The van der Waals surface area contributed by atoms with Gasteiger partial charge in [-0.05, 0) is 47.9 Å². The molecule has 0 aliphatic heterocycles. The number of nitrogens with zero attached hydrogens (tertiary/aromatic N) is 3. The minimum Gasteiger partial charge on any atom is -0.497 e. The highest BCUT2D eigenvalue weighted by atomic mass is 16.5. The number of anilines is 1. The van der Waals surface area contributed by atoms with E-state index in [4.69, 9.17) is 10.5 Å². The summed E-state index contributed by atoms with van der Waals surface area (Å²) in [6, 6.07) is 23.4. The molecule has 27 heavy (non-hydrogen) atoms. The molecule has 0 amide bonds. The molecule has 0 saturated heterocycles. The molecule has 0 saturated carbocycles. The molecule has 1 heterocycles. The molecule has 3 aromatic carbocycles. The molecule has 0 bridgehead atoms. The van der Waals surface area contributed by atoms with Crippen LogP contribution in [0.15, 0.2) is 89.2 Å². The fourth-order valence-corrected chi connectivity index (χ4v) is 2.86. The van der Waals surface area contributed by atoms with Gasteiger partial charge in [-0.2, -0.15) is 0 Å². The van der Waals surface area contributed by atoms with Crippen molar-refractivity contribution in [3.05, 3.63) is 79.0 Å². The van der Waals surface area contributed by atoms with Gasteiger partial charge in [0.2, 0.25) is 0 Å². The number of hydrogen-bond acceptors (Lipinski definition) is 5. The van der Waals surface area contributed by atoms with Gasteiger partial charge in [0.1, 0.15) is 17.1 Å². The quantitative estimate of drug-likeness (QED) is 0.366. The van der Waals surface area contributed by atoms with E-state index in [1.54, 1.807) is 13.3 Å². The Morgan fingerprint density at radius 3 is 2.41 bits per heavy atom. The first kappa shape index (κ1) is 16.7. The maximum Gasteiger partial charge on any atom is 0.118 e. The molecule has 0 aliphatic carbocycles. The van der Waals surface area contributed by atoms with Crippen LogP contribution < -0.4 is 10.5 Å². The van der Waals surface area contributed by atoms with E-state index in [0.29, 0.717) is 17.1 Å². The molecule has 0 aliphatic rings. The van der Waals surface area contributed by atoms with Crippen LogP contribution in [-0.4, -0.2) is 12.1 Å². The van der Waals surface area contributed by atoms with Crippen LogP contribution in [0, 0.1) is 0 Å². The molecule has 4 rings (SSSR count). The predicted octanol–water partition coefficient (Wildman–Crippen LogP) is 5.91. The van der Waals surface area contributed by atoms with Crippen LogP contribution in [0.2, 0.25) is 0 Å². The second kappa shape index (κ2) is 7.25. The van der Waals surface area contributed by atoms with Crippen LogP contribution in [0.1, 0.15) is 0 Å². The van der Waals surface area contributed by atoms with E-state index in [9.17, 15) is 0 Å². The Morgan fingerprint density at radius 2 is 1.67 bits per heavy atom. The summed E-state index contributed by atoms with van der Waals surface area (Å²) in [5.74, 6) is 0.817. The number of azo groups is 1. The van der Waals surface area contributed by atoms with Gasteiger partial charge in [0, 0.05) is 10.9 Å². The molecule has 0 unspecified atom stereocenters. The average molecular weight is 354 g/mol. The van der Waals surface area contributed by atoms with Crippen LogP contribution in [0.25, 0.3) is 22.0 Å². The van der Waals surface area contributed by atoms with E-state index in [1.165, 1.54) is 0 Å². The van der Waals surface area contributed by atoms with Crippen molar-refractivity contribution >= 4 is 27.8 Å². The standard InChI is InChI=1S/C22H18N4O/c1-27-18-10-6-16(7-11-18)20-13-9-17(14-24-20)25-26-21-12-8-15-4-2-3-5-19(15)22(21)23/h2-14H,23H2,1H3. The maximum atomic E-state index is 6.23. The molecular weight excluding hydrogens is 336 g/mol. The monoisotopic (exact) mass is 354 g/mol. The highest BCUT2D eigenvalue weighted by Gasteiger charge is 2.04. The Bertz CT molecular complexity index is 1100. The van der Waals surface area contributed by atoms with Crippen molar-refractivity contribution in [3.63, 3.8) is 0 Å². The molecule has 0 spiro atoms. The summed E-state index contributed by atoms with van der Waals surface area (Å²) in [7, 11) is 1.65. The SMILES string of the molecule is COc1ccc(-c2ccc(N=Nc3ccc4ccccc4c3N)cn2)cc1. The number of fused-ring (bicyclic) bond motifs is 1. The summed E-state index contributed by atoms with van der Waals surface area (Å²) >= 11 is 0. The zero-order valence-corrected chi connectivity index (χ0v) is 14.8. The van der Waals surface area contributed by atoms with Gasteiger partial charge in [-0.15, -0.1) is 10.2 Å². The van der Waals surface area contributed by atoms with Crippen LogP contribution in [-0.2, 0) is 0 Å². The van der Waals surface area contributed by atoms with Gasteiger partial charge in [0.15, 0.2) is 0 Å². The van der Waals surface area contributed by atoms with E-state index in [-0.39, 0.29) is 0 Å². The summed E-state index contributed by atoms with van der Waals surface area (Å²) in [6.45, 7) is 0. The molecule has 0 fully saturated rings. The lowest BCUT2D eigenvalue weighted by Crippen LogP contribution is -1.87. The van der Waals surface area contributed by atoms with Crippen LogP contribution in [0.4, 0.5) is 17.1 Å². The summed E-state index contributed by atoms with van der Waals surface area (Å²) in [5.41, 5.74) is 10.0. The first-order valence-corrected chi connectivity index (χ1v) is 8.54. The lowest BCUT2D eigenvalue weighted by Gasteiger charge is -2.05. The van der Waals surface area contributed by atoms with E-state index >= 15 is 0 Å². The normalized spacial score (nSPS) is 11.1. The topological polar surface area (TPSA) is 72.9 Å². The van der Waals surface area contributed by atoms with Crippen molar-refractivity contribution in [2.45, 2.75) is 0 Å². The highest BCUT2D eigenvalue weighted by molar-refractivity contribution is 5.97. The largest absolute Gasteiger partial charge is 0.497 e. The first-order chi connectivity index (χ1) is 13.2. The second-order valence-electron chi connectivity index (χ2n) is 6.05. The molecule has 0 radical (unpaired) electrons. The lowest BCUT2D eigenvalue weighted by molar-refractivity contribution is 0.415. The number of nitrogen functional groups attached to an aromatic ring is 1. The lowest BCUT2D eigenvalue weighted by atomic mass is 10.1. The van der Waals surface area contributed by atoms with Gasteiger partial charge >= 0.3 is 0 Å². The third kappa shape index (κ3) is 3.48. The van der Waals surface area contributed by atoms with Crippen molar-refractivity contribution in [2.75, 3.05) is 12.8 Å². The van der Waals surface area contributed by atoms with Gasteiger partial charge in [0.25, 0.3) is 0 Å². The number of nitrogens with two attached hydrogens (primary N) is 1. The minimum absolute atomic E-state index is 0.625. The molecule has 1 aromatic heterocycles. The summed E-state index contributed by atoms with van der Waals surface area (Å²) in [5, 5.41) is 10.6. The Balaban J connectivity index is 1.57. The summed E-state index contributed by atoms with van der Waals surface area (Å²) < 4.78 is 5.18. The Morgan fingerprint density at radius 1 is 0.852 bits per heavy atom. The van der Waals surface area contributed by atoms with Crippen molar-refractivity contribution < 1.29 is 4.74 Å². The number of pyridine rings is 1. The van der Waals surface area contributed by atoms with Gasteiger partial charge < -0.3 is 10.5 Å². The molecular formula is C22H18N4O. The van der Waals surface area contributed by atoms with E-state index < -0.39 is 0 Å².